The highest BCUT2D eigenvalue weighted by molar-refractivity contribution is 5.80. The van der Waals surface area contributed by atoms with Crippen molar-refractivity contribution in [3.05, 3.63) is 0 Å². The lowest BCUT2D eigenvalue weighted by Gasteiger charge is -2.19. The monoisotopic (exact) mass is 343 g/mol. The zero-order valence-electron chi connectivity index (χ0n) is 15.8. The smallest absolute Gasteiger partial charge is 0.407 e. The molecule has 0 aromatic carbocycles. The number of nitrogens with zero attached hydrogens (tertiary/aromatic N) is 1. The summed E-state index contributed by atoms with van der Waals surface area (Å²) in [6, 6.07) is 0. The van der Waals surface area contributed by atoms with E-state index < -0.39 is 11.7 Å². The third-order valence-electron chi connectivity index (χ3n) is 2.64. The number of nitrogens with one attached hydrogen (secondary N) is 4. The molecule has 0 bridgehead atoms. The number of amides is 2. The summed E-state index contributed by atoms with van der Waals surface area (Å²) in [6.45, 7) is 13.8. The number of aliphatic imine (C=N–C) groups is 1. The summed E-state index contributed by atoms with van der Waals surface area (Å²) < 4.78 is 5.15. The maximum Gasteiger partial charge on any atom is 0.407 e. The molecule has 0 aliphatic heterocycles. The molecular formula is C16H33N5O3. The standard InChI is InChI=1S/C16H33N5O3/c1-7-17-14(19-9-8-18-13(22)12(2)3)20-10-11-21-15(23)24-16(4,5)6/h12H,7-11H2,1-6H3,(H,18,22)(H,21,23)(H2,17,19,20). The van der Waals surface area contributed by atoms with Crippen LogP contribution in [0.2, 0.25) is 0 Å². The molecule has 0 heterocycles. The summed E-state index contributed by atoms with van der Waals surface area (Å²) in [4.78, 5) is 27.3. The fourth-order valence-electron chi connectivity index (χ4n) is 1.55. The van der Waals surface area contributed by atoms with Crippen molar-refractivity contribution in [3.8, 4) is 0 Å². The number of hydrogen-bond donors (Lipinski definition) is 4. The van der Waals surface area contributed by atoms with Crippen LogP contribution >= 0.6 is 0 Å². The maximum atomic E-state index is 11.5. The molecule has 4 N–H and O–H groups in total. The van der Waals surface area contributed by atoms with Gasteiger partial charge >= 0.3 is 6.09 Å². The number of carbonyl (C=O) groups excluding carboxylic acids is 2. The Kier molecular flexibility index (Phi) is 10.6. The number of carbonyl (C=O) groups is 2. The lowest BCUT2D eigenvalue weighted by Crippen LogP contribution is -2.42. The molecular weight excluding hydrogens is 310 g/mol. The Morgan fingerprint density at radius 1 is 1.00 bits per heavy atom. The fraction of sp³-hybridized carbons (Fsp3) is 0.812. The largest absolute Gasteiger partial charge is 0.444 e. The third kappa shape index (κ3) is 12.5. The van der Waals surface area contributed by atoms with Crippen molar-refractivity contribution in [3.63, 3.8) is 0 Å². The molecule has 0 aliphatic rings. The number of guanidine groups is 1. The second kappa shape index (κ2) is 11.5. The molecule has 0 saturated heterocycles. The SMILES string of the molecule is CCNC(=NCCNC(=O)C(C)C)NCCNC(=O)OC(C)(C)C. The Bertz CT molecular complexity index is 416. The van der Waals surface area contributed by atoms with Gasteiger partial charge < -0.3 is 26.0 Å². The van der Waals surface area contributed by atoms with Crippen molar-refractivity contribution in [1.29, 1.82) is 0 Å². The second-order valence-electron chi connectivity index (χ2n) is 6.56. The van der Waals surface area contributed by atoms with Crippen LogP contribution < -0.4 is 21.3 Å². The second-order valence-corrected chi connectivity index (χ2v) is 6.56. The highest BCUT2D eigenvalue weighted by Crippen LogP contribution is 2.05. The van der Waals surface area contributed by atoms with E-state index in [1.807, 2.05) is 41.5 Å². The molecule has 24 heavy (non-hydrogen) atoms. The van der Waals surface area contributed by atoms with Crippen molar-refractivity contribution < 1.29 is 14.3 Å². The minimum atomic E-state index is -0.506. The van der Waals surface area contributed by atoms with E-state index in [0.29, 0.717) is 32.1 Å². The Labute approximate surface area is 145 Å². The Hall–Kier alpha value is -1.99. The van der Waals surface area contributed by atoms with Crippen LogP contribution in [-0.2, 0) is 9.53 Å². The van der Waals surface area contributed by atoms with E-state index in [2.05, 4.69) is 26.3 Å². The van der Waals surface area contributed by atoms with Gasteiger partial charge in [0.25, 0.3) is 0 Å². The van der Waals surface area contributed by atoms with E-state index in [1.54, 1.807) is 0 Å². The van der Waals surface area contributed by atoms with Gasteiger partial charge in [-0.2, -0.15) is 0 Å². The number of alkyl carbamates (subject to hydrolysis) is 1. The van der Waals surface area contributed by atoms with Crippen molar-refractivity contribution >= 4 is 18.0 Å². The van der Waals surface area contributed by atoms with Crippen LogP contribution in [0.1, 0.15) is 41.5 Å². The van der Waals surface area contributed by atoms with Crippen molar-refractivity contribution in [1.82, 2.24) is 21.3 Å². The highest BCUT2D eigenvalue weighted by atomic mass is 16.6. The van der Waals surface area contributed by atoms with Crippen molar-refractivity contribution in [2.45, 2.75) is 47.1 Å². The van der Waals surface area contributed by atoms with Gasteiger partial charge in [-0.15, -0.1) is 0 Å². The number of ether oxygens (including phenoxy) is 1. The van der Waals surface area contributed by atoms with E-state index in [0.717, 1.165) is 6.54 Å². The lowest BCUT2D eigenvalue weighted by atomic mass is 10.2. The molecule has 0 aromatic rings. The van der Waals surface area contributed by atoms with E-state index >= 15 is 0 Å². The van der Waals surface area contributed by atoms with Gasteiger partial charge in [0.1, 0.15) is 5.60 Å². The van der Waals surface area contributed by atoms with Crippen LogP contribution in [0.5, 0.6) is 0 Å². The van der Waals surface area contributed by atoms with Crippen LogP contribution in [0.4, 0.5) is 4.79 Å². The van der Waals surface area contributed by atoms with Gasteiger partial charge in [0.15, 0.2) is 5.96 Å². The first-order valence-electron chi connectivity index (χ1n) is 8.42. The minimum absolute atomic E-state index is 0.0183. The molecule has 0 aliphatic carbocycles. The molecule has 2 amide bonds. The maximum absolute atomic E-state index is 11.5. The first kappa shape index (κ1) is 22.0. The first-order chi connectivity index (χ1) is 11.2. The minimum Gasteiger partial charge on any atom is -0.444 e. The molecule has 140 valence electrons. The van der Waals surface area contributed by atoms with E-state index in [-0.39, 0.29) is 11.8 Å². The van der Waals surface area contributed by atoms with E-state index in [4.69, 9.17) is 4.74 Å². The molecule has 0 rings (SSSR count). The normalized spacial score (nSPS) is 11.9. The van der Waals surface area contributed by atoms with Crippen molar-refractivity contribution in [2.24, 2.45) is 10.9 Å². The quantitative estimate of drug-likeness (QED) is 0.297. The molecule has 0 spiro atoms. The molecule has 0 saturated carbocycles. The van der Waals surface area contributed by atoms with Crippen LogP contribution in [0.25, 0.3) is 0 Å². The van der Waals surface area contributed by atoms with Gasteiger partial charge in [0, 0.05) is 32.1 Å². The molecule has 0 aromatic heterocycles. The van der Waals surface area contributed by atoms with Crippen LogP contribution in [0, 0.1) is 5.92 Å². The Morgan fingerprint density at radius 2 is 1.62 bits per heavy atom. The topological polar surface area (TPSA) is 104 Å². The van der Waals surface area contributed by atoms with Crippen molar-refractivity contribution in [2.75, 3.05) is 32.7 Å². The summed E-state index contributed by atoms with van der Waals surface area (Å²) in [7, 11) is 0. The summed E-state index contributed by atoms with van der Waals surface area (Å²) in [5.74, 6) is 0.631. The lowest BCUT2D eigenvalue weighted by molar-refractivity contribution is -0.123. The van der Waals surface area contributed by atoms with Gasteiger partial charge in [0.2, 0.25) is 5.91 Å². The Balaban J connectivity index is 4.05. The zero-order chi connectivity index (χ0) is 18.6. The molecule has 0 atom stereocenters. The predicted octanol–water partition coefficient (Wildman–Crippen LogP) is 0.838. The van der Waals surface area contributed by atoms with Gasteiger partial charge in [-0.05, 0) is 27.7 Å². The molecule has 8 nitrogen and oxygen atoms in total. The molecule has 0 fully saturated rings. The average Bonchev–Trinajstić information content (AvgIpc) is 2.45. The first-order valence-corrected chi connectivity index (χ1v) is 8.42. The van der Waals surface area contributed by atoms with Gasteiger partial charge in [0.05, 0.1) is 6.54 Å². The van der Waals surface area contributed by atoms with Crippen LogP contribution in [0.3, 0.4) is 0 Å². The Morgan fingerprint density at radius 3 is 2.17 bits per heavy atom. The molecule has 8 heteroatoms. The average molecular weight is 343 g/mol. The van der Waals surface area contributed by atoms with Gasteiger partial charge in [-0.3, -0.25) is 9.79 Å². The summed E-state index contributed by atoms with van der Waals surface area (Å²) in [5.41, 5.74) is -0.506. The predicted molar refractivity (Wildman–Crippen MR) is 96.1 cm³/mol. The summed E-state index contributed by atoms with van der Waals surface area (Å²) in [5, 5.41) is 11.7. The zero-order valence-corrected chi connectivity index (χ0v) is 15.8. The van der Waals surface area contributed by atoms with Crippen LogP contribution in [-0.4, -0.2) is 56.3 Å². The highest BCUT2D eigenvalue weighted by Gasteiger charge is 2.15. The van der Waals surface area contributed by atoms with Crippen LogP contribution in [0.15, 0.2) is 4.99 Å². The van der Waals surface area contributed by atoms with E-state index in [1.165, 1.54) is 0 Å². The van der Waals surface area contributed by atoms with Gasteiger partial charge in [-0.1, -0.05) is 13.8 Å². The summed E-state index contributed by atoms with van der Waals surface area (Å²) >= 11 is 0. The third-order valence-corrected chi connectivity index (χ3v) is 2.64. The van der Waals surface area contributed by atoms with Gasteiger partial charge in [-0.25, -0.2) is 4.79 Å². The number of rotatable bonds is 8. The fourth-order valence-corrected chi connectivity index (χ4v) is 1.55. The molecule has 0 radical (unpaired) electrons. The summed E-state index contributed by atoms with van der Waals surface area (Å²) in [6.07, 6.45) is -0.442. The number of hydrogen-bond acceptors (Lipinski definition) is 4. The molecule has 0 unspecified atom stereocenters. The van der Waals surface area contributed by atoms with E-state index in [9.17, 15) is 9.59 Å².